The van der Waals surface area contributed by atoms with E-state index in [9.17, 15) is 0 Å². The minimum absolute atomic E-state index is 0.317. The standard InChI is InChI=1S/C12H17N3/c1-8-9(2)14-10(3)15-7-11(4-5-13)6-12(8)15/h9,11H,4,6-7H2,1-3H3/t9-,11+/m0/s1. The topological polar surface area (TPSA) is 39.4 Å². The number of nitrogens with zero attached hydrogens (tertiary/aromatic N) is 3. The first kappa shape index (κ1) is 10.2. The highest BCUT2D eigenvalue weighted by atomic mass is 15.2. The second-order valence-electron chi connectivity index (χ2n) is 4.52. The van der Waals surface area contributed by atoms with Gasteiger partial charge in [-0.2, -0.15) is 5.26 Å². The lowest BCUT2D eigenvalue weighted by molar-refractivity contribution is 0.492. The summed E-state index contributed by atoms with van der Waals surface area (Å²) >= 11 is 0. The highest BCUT2D eigenvalue weighted by molar-refractivity contribution is 5.83. The van der Waals surface area contributed by atoms with Crippen LogP contribution in [0.15, 0.2) is 16.3 Å². The summed E-state index contributed by atoms with van der Waals surface area (Å²) in [6, 6.07) is 2.59. The zero-order valence-electron chi connectivity index (χ0n) is 9.62. The Morgan fingerprint density at radius 1 is 1.53 bits per heavy atom. The van der Waals surface area contributed by atoms with Crippen molar-refractivity contribution in [2.45, 2.75) is 39.7 Å². The molecule has 2 aliphatic heterocycles. The lowest BCUT2D eigenvalue weighted by Crippen LogP contribution is -2.31. The fourth-order valence-corrected chi connectivity index (χ4v) is 2.47. The average Bonchev–Trinajstić information content (AvgIpc) is 2.60. The van der Waals surface area contributed by atoms with Gasteiger partial charge in [0.25, 0.3) is 0 Å². The molecule has 0 N–H and O–H groups in total. The lowest BCUT2D eigenvalue weighted by Gasteiger charge is -2.28. The van der Waals surface area contributed by atoms with Crippen LogP contribution in [-0.2, 0) is 0 Å². The molecule has 2 heterocycles. The third-order valence-electron chi connectivity index (χ3n) is 3.48. The summed E-state index contributed by atoms with van der Waals surface area (Å²) in [6.45, 7) is 7.35. The second-order valence-corrected chi connectivity index (χ2v) is 4.52. The molecule has 0 aromatic rings. The maximum Gasteiger partial charge on any atom is 0.101 e. The van der Waals surface area contributed by atoms with Gasteiger partial charge in [-0.3, -0.25) is 4.99 Å². The van der Waals surface area contributed by atoms with Crippen LogP contribution >= 0.6 is 0 Å². The minimum atomic E-state index is 0.317. The van der Waals surface area contributed by atoms with Crippen LogP contribution in [0.4, 0.5) is 0 Å². The summed E-state index contributed by atoms with van der Waals surface area (Å²) in [6.07, 6.45) is 1.71. The van der Waals surface area contributed by atoms with Gasteiger partial charge in [0.05, 0.1) is 12.1 Å². The van der Waals surface area contributed by atoms with E-state index in [4.69, 9.17) is 5.26 Å². The first-order valence-corrected chi connectivity index (χ1v) is 5.52. The van der Waals surface area contributed by atoms with Gasteiger partial charge >= 0.3 is 0 Å². The van der Waals surface area contributed by atoms with Gasteiger partial charge in [0.1, 0.15) is 5.84 Å². The molecule has 0 saturated carbocycles. The Balaban J connectivity index is 2.25. The Bertz CT molecular complexity index is 373. The number of allylic oxidation sites excluding steroid dienone is 1. The van der Waals surface area contributed by atoms with Crippen LogP contribution in [0.2, 0.25) is 0 Å². The van der Waals surface area contributed by atoms with Crippen LogP contribution in [0, 0.1) is 17.2 Å². The van der Waals surface area contributed by atoms with Gasteiger partial charge in [-0.1, -0.05) is 0 Å². The molecule has 1 fully saturated rings. The maximum atomic E-state index is 8.73. The summed E-state index contributed by atoms with van der Waals surface area (Å²) in [4.78, 5) is 6.89. The van der Waals surface area contributed by atoms with Crippen LogP contribution in [0.5, 0.6) is 0 Å². The van der Waals surface area contributed by atoms with Crippen LogP contribution in [-0.4, -0.2) is 23.3 Å². The first-order valence-electron chi connectivity index (χ1n) is 5.52. The van der Waals surface area contributed by atoms with Crippen LogP contribution in [0.3, 0.4) is 0 Å². The van der Waals surface area contributed by atoms with E-state index in [-0.39, 0.29) is 0 Å². The van der Waals surface area contributed by atoms with Gasteiger partial charge < -0.3 is 4.90 Å². The predicted molar refractivity (Wildman–Crippen MR) is 60.3 cm³/mol. The van der Waals surface area contributed by atoms with E-state index in [1.807, 2.05) is 0 Å². The molecule has 15 heavy (non-hydrogen) atoms. The molecule has 0 aliphatic carbocycles. The highest BCUT2D eigenvalue weighted by Gasteiger charge is 2.32. The van der Waals surface area contributed by atoms with Crippen LogP contribution in [0.25, 0.3) is 0 Å². The Morgan fingerprint density at radius 2 is 2.27 bits per heavy atom. The molecule has 0 aromatic heterocycles. The van der Waals surface area contributed by atoms with Gasteiger partial charge in [0, 0.05) is 18.7 Å². The van der Waals surface area contributed by atoms with E-state index in [0.29, 0.717) is 18.4 Å². The van der Waals surface area contributed by atoms with Crippen molar-refractivity contribution in [2.24, 2.45) is 10.9 Å². The predicted octanol–water partition coefficient (Wildman–Crippen LogP) is 2.32. The average molecular weight is 203 g/mol. The van der Waals surface area contributed by atoms with Gasteiger partial charge in [0.15, 0.2) is 0 Å². The molecule has 0 spiro atoms. The second kappa shape index (κ2) is 3.69. The van der Waals surface area contributed by atoms with Gasteiger partial charge in [-0.25, -0.2) is 0 Å². The molecule has 3 nitrogen and oxygen atoms in total. The SMILES string of the molecule is CC1=N[C@@H](C)C(C)=C2C[C@@H](CC#N)CN12. The Kier molecular flexibility index (Phi) is 2.52. The van der Waals surface area contributed by atoms with Crippen molar-refractivity contribution in [3.8, 4) is 6.07 Å². The van der Waals surface area contributed by atoms with E-state index in [0.717, 1.165) is 18.8 Å². The van der Waals surface area contributed by atoms with Crippen LogP contribution in [0.1, 0.15) is 33.6 Å². The normalized spacial score (nSPS) is 30.0. The maximum absolute atomic E-state index is 8.73. The summed E-state index contributed by atoms with van der Waals surface area (Å²) in [5.41, 5.74) is 2.79. The van der Waals surface area contributed by atoms with Crippen molar-refractivity contribution in [3.05, 3.63) is 11.3 Å². The summed E-state index contributed by atoms with van der Waals surface area (Å²) in [5.74, 6) is 1.61. The highest BCUT2D eigenvalue weighted by Crippen LogP contribution is 2.35. The van der Waals surface area contributed by atoms with E-state index in [2.05, 4.69) is 36.7 Å². The minimum Gasteiger partial charge on any atom is -0.334 e. The van der Waals surface area contributed by atoms with E-state index in [1.54, 1.807) is 0 Å². The molecule has 2 atom stereocenters. The zero-order chi connectivity index (χ0) is 11.0. The summed E-state index contributed by atoms with van der Waals surface area (Å²) < 4.78 is 0. The lowest BCUT2D eigenvalue weighted by atomic mass is 10.0. The first-order chi connectivity index (χ1) is 7.13. The molecule has 0 amide bonds. The number of nitriles is 1. The summed E-state index contributed by atoms with van der Waals surface area (Å²) in [5, 5.41) is 8.73. The van der Waals surface area contributed by atoms with Gasteiger partial charge in [-0.05, 0) is 38.7 Å². The number of aliphatic imine (C=N–C) groups is 1. The molecule has 1 saturated heterocycles. The Morgan fingerprint density at radius 3 is 2.93 bits per heavy atom. The fraction of sp³-hybridized carbons (Fsp3) is 0.667. The zero-order valence-corrected chi connectivity index (χ0v) is 9.62. The van der Waals surface area contributed by atoms with Crippen molar-refractivity contribution in [2.75, 3.05) is 6.54 Å². The third kappa shape index (κ3) is 1.65. The van der Waals surface area contributed by atoms with E-state index in [1.165, 1.54) is 11.3 Å². The largest absolute Gasteiger partial charge is 0.334 e. The molecule has 0 aromatic carbocycles. The van der Waals surface area contributed by atoms with Crippen molar-refractivity contribution >= 4 is 5.84 Å². The van der Waals surface area contributed by atoms with Crippen molar-refractivity contribution in [3.63, 3.8) is 0 Å². The quantitative estimate of drug-likeness (QED) is 0.656. The number of fused-ring (bicyclic) bond motifs is 1. The molecular formula is C12H17N3. The third-order valence-corrected chi connectivity index (χ3v) is 3.48. The molecule has 80 valence electrons. The van der Waals surface area contributed by atoms with Gasteiger partial charge in [-0.15, -0.1) is 0 Å². The van der Waals surface area contributed by atoms with Crippen LogP contribution < -0.4 is 0 Å². The van der Waals surface area contributed by atoms with E-state index >= 15 is 0 Å². The van der Waals surface area contributed by atoms with Gasteiger partial charge in [0.2, 0.25) is 0 Å². The van der Waals surface area contributed by atoms with Crippen molar-refractivity contribution < 1.29 is 0 Å². The molecule has 0 radical (unpaired) electrons. The number of rotatable bonds is 1. The Hall–Kier alpha value is -1.30. The molecular weight excluding hydrogens is 186 g/mol. The Labute approximate surface area is 91.1 Å². The molecule has 2 rings (SSSR count). The molecule has 3 heteroatoms. The molecule has 0 bridgehead atoms. The number of hydrogen-bond donors (Lipinski definition) is 0. The smallest absolute Gasteiger partial charge is 0.101 e. The number of hydrogen-bond acceptors (Lipinski definition) is 3. The van der Waals surface area contributed by atoms with E-state index < -0.39 is 0 Å². The monoisotopic (exact) mass is 203 g/mol. The number of amidine groups is 1. The van der Waals surface area contributed by atoms with Crippen molar-refractivity contribution in [1.82, 2.24) is 4.90 Å². The fourth-order valence-electron chi connectivity index (χ4n) is 2.47. The molecule has 0 unspecified atom stereocenters. The van der Waals surface area contributed by atoms with Crippen molar-refractivity contribution in [1.29, 1.82) is 5.26 Å². The summed E-state index contributed by atoms with van der Waals surface area (Å²) in [7, 11) is 0. The molecule has 2 aliphatic rings.